The van der Waals surface area contributed by atoms with Crippen LogP contribution in [0.15, 0.2) is 65.3 Å². The van der Waals surface area contributed by atoms with Gasteiger partial charge in [0, 0.05) is 21.9 Å². The Kier molecular flexibility index (Phi) is 6.96. The molecule has 0 fully saturated rings. The van der Waals surface area contributed by atoms with Crippen LogP contribution in [0.3, 0.4) is 0 Å². The van der Waals surface area contributed by atoms with E-state index in [9.17, 15) is 8.42 Å². The van der Waals surface area contributed by atoms with Gasteiger partial charge in [-0.1, -0.05) is 30.3 Å². The van der Waals surface area contributed by atoms with Crippen molar-refractivity contribution in [1.29, 1.82) is 0 Å². The summed E-state index contributed by atoms with van der Waals surface area (Å²) in [5, 5.41) is 0. The summed E-state index contributed by atoms with van der Waals surface area (Å²) in [5.74, 6) is 0.390. The van der Waals surface area contributed by atoms with Crippen molar-refractivity contribution in [3.63, 3.8) is 0 Å². The number of halogens is 1. The van der Waals surface area contributed by atoms with Crippen LogP contribution in [0.4, 0.5) is 11.4 Å². The lowest BCUT2D eigenvalue weighted by Gasteiger charge is -2.12. The van der Waals surface area contributed by atoms with E-state index < -0.39 is 10.0 Å². The number of fused-ring (bicyclic) bond motifs is 1. The molecule has 0 bridgehead atoms. The largest absolute Gasteiger partial charge is 0.337 e. The van der Waals surface area contributed by atoms with Crippen molar-refractivity contribution in [2.45, 2.75) is 5.75 Å². The number of rotatable bonds is 9. The molecule has 0 aliphatic carbocycles. The van der Waals surface area contributed by atoms with Crippen LogP contribution >= 0.6 is 28.2 Å². The number of benzene rings is 2. The van der Waals surface area contributed by atoms with Gasteiger partial charge in [0.25, 0.3) is 0 Å². The quantitative estimate of drug-likeness (QED) is 0.0911. The summed E-state index contributed by atoms with van der Waals surface area (Å²) in [6.45, 7) is 0. The number of anilines is 2. The minimum atomic E-state index is -3.65. The molecule has 0 spiro atoms. The first-order chi connectivity index (χ1) is 15.4. The second kappa shape index (κ2) is 9.88. The van der Waals surface area contributed by atoms with E-state index in [-0.39, 0.29) is 5.75 Å². The minimum absolute atomic E-state index is 0.148. The highest BCUT2D eigenvalue weighted by molar-refractivity contribution is 9.10. The predicted octanol–water partition coefficient (Wildman–Crippen LogP) is 4.88. The van der Waals surface area contributed by atoms with Crippen LogP contribution < -0.4 is 9.44 Å². The fraction of sp³-hybridized carbons (Fsp3) is 0.100. The van der Waals surface area contributed by atoms with Crippen LogP contribution in [0, 0.1) is 0 Å². The number of hydrogen-bond donors (Lipinski definition) is 3. The highest BCUT2D eigenvalue weighted by Crippen LogP contribution is 2.29. The molecule has 0 saturated carbocycles. The molecule has 0 aliphatic rings. The van der Waals surface area contributed by atoms with Crippen molar-refractivity contribution < 1.29 is 17.6 Å². The molecule has 0 amide bonds. The molecule has 12 heteroatoms. The zero-order valence-corrected chi connectivity index (χ0v) is 19.9. The lowest BCUT2D eigenvalue weighted by atomic mass is 10.1. The summed E-state index contributed by atoms with van der Waals surface area (Å²) in [4.78, 5) is 16.6. The third-order valence-electron chi connectivity index (χ3n) is 4.24. The SMILES string of the molecule is COOSNc1cc(NS(=O)(=O)Cc2ccccc2)cc(-c2nc3ncc(Br)cc3[nH]2)c1. The maximum Gasteiger partial charge on any atom is 0.236 e. The molecule has 4 aromatic rings. The molecule has 0 atom stereocenters. The van der Waals surface area contributed by atoms with Crippen molar-refractivity contribution in [2.75, 3.05) is 16.6 Å². The van der Waals surface area contributed by atoms with Gasteiger partial charge in [-0.05, 0) is 45.8 Å². The van der Waals surface area contributed by atoms with Crippen molar-refractivity contribution in [3.05, 3.63) is 70.8 Å². The lowest BCUT2D eigenvalue weighted by Crippen LogP contribution is -2.15. The zero-order chi connectivity index (χ0) is 22.6. The molecule has 9 nitrogen and oxygen atoms in total. The first-order valence-corrected chi connectivity index (χ1v) is 12.4. The Morgan fingerprint density at radius 3 is 2.69 bits per heavy atom. The fourth-order valence-corrected chi connectivity index (χ4v) is 4.83. The number of nitrogens with one attached hydrogen (secondary N) is 3. The van der Waals surface area contributed by atoms with Gasteiger partial charge in [-0.15, -0.1) is 4.33 Å². The summed E-state index contributed by atoms with van der Waals surface area (Å²) < 4.78 is 36.7. The summed E-state index contributed by atoms with van der Waals surface area (Å²) in [7, 11) is -2.27. The molecule has 2 aromatic heterocycles. The summed E-state index contributed by atoms with van der Waals surface area (Å²) in [5.41, 5.74) is 3.58. The van der Waals surface area contributed by atoms with E-state index in [1.54, 1.807) is 48.7 Å². The van der Waals surface area contributed by atoms with Crippen molar-refractivity contribution in [2.24, 2.45) is 0 Å². The van der Waals surface area contributed by atoms with Crippen LogP contribution in [-0.2, 0) is 25.0 Å². The second-order valence-electron chi connectivity index (χ2n) is 6.68. The molecule has 0 saturated heterocycles. The Hall–Kier alpha value is -2.64. The average molecular weight is 536 g/mol. The van der Waals surface area contributed by atoms with Gasteiger partial charge in [0.05, 0.1) is 24.1 Å². The molecular weight excluding hydrogens is 518 g/mol. The minimum Gasteiger partial charge on any atom is -0.337 e. The predicted molar refractivity (Wildman–Crippen MR) is 129 cm³/mol. The van der Waals surface area contributed by atoms with Crippen LogP contribution in [0.5, 0.6) is 0 Å². The summed E-state index contributed by atoms with van der Waals surface area (Å²) in [6.07, 6.45) is 1.66. The van der Waals surface area contributed by atoms with E-state index in [0.29, 0.717) is 34.0 Å². The molecule has 4 rings (SSSR count). The van der Waals surface area contributed by atoms with Gasteiger partial charge < -0.3 is 9.71 Å². The van der Waals surface area contributed by atoms with Gasteiger partial charge in [-0.3, -0.25) is 4.72 Å². The van der Waals surface area contributed by atoms with E-state index in [0.717, 1.165) is 22.2 Å². The Labute approximate surface area is 197 Å². The molecule has 2 aromatic carbocycles. The molecule has 166 valence electrons. The average Bonchev–Trinajstić information content (AvgIpc) is 3.17. The van der Waals surface area contributed by atoms with Crippen LogP contribution in [0.25, 0.3) is 22.6 Å². The van der Waals surface area contributed by atoms with Crippen LogP contribution in [-0.4, -0.2) is 30.5 Å². The Balaban J connectivity index is 1.67. The first kappa shape index (κ1) is 22.6. The molecular formula is C20H18BrN5O4S2. The van der Waals surface area contributed by atoms with E-state index >= 15 is 0 Å². The van der Waals surface area contributed by atoms with Crippen LogP contribution in [0.1, 0.15) is 5.56 Å². The van der Waals surface area contributed by atoms with E-state index in [1.807, 2.05) is 12.1 Å². The maximum absolute atomic E-state index is 12.7. The topological polar surface area (TPSA) is 118 Å². The van der Waals surface area contributed by atoms with Crippen LogP contribution in [0.2, 0.25) is 0 Å². The number of pyridine rings is 1. The van der Waals surface area contributed by atoms with Gasteiger partial charge in [-0.25, -0.2) is 23.3 Å². The number of aromatic amines is 1. The van der Waals surface area contributed by atoms with E-state index in [1.165, 1.54) is 7.11 Å². The molecule has 3 N–H and O–H groups in total. The van der Waals surface area contributed by atoms with E-state index in [2.05, 4.69) is 45.2 Å². The monoisotopic (exact) mass is 535 g/mol. The van der Waals surface area contributed by atoms with Crippen molar-refractivity contribution in [3.8, 4) is 11.4 Å². The Morgan fingerprint density at radius 2 is 1.91 bits per heavy atom. The Morgan fingerprint density at radius 1 is 1.12 bits per heavy atom. The second-order valence-corrected chi connectivity index (χ2v) is 9.82. The Bertz CT molecular complexity index is 1330. The number of hydrogen-bond acceptors (Lipinski definition) is 8. The third-order valence-corrected chi connectivity index (χ3v) is 6.46. The lowest BCUT2D eigenvalue weighted by molar-refractivity contribution is -0.159. The normalized spacial score (nSPS) is 11.6. The third kappa shape index (κ3) is 5.78. The maximum atomic E-state index is 12.7. The van der Waals surface area contributed by atoms with Gasteiger partial charge in [0.2, 0.25) is 10.0 Å². The van der Waals surface area contributed by atoms with Gasteiger partial charge in [0.15, 0.2) is 5.65 Å². The van der Waals surface area contributed by atoms with Gasteiger partial charge >= 0.3 is 0 Å². The van der Waals surface area contributed by atoms with Gasteiger partial charge in [0.1, 0.15) is 18.1 Å². The molecule has 0 unspecified atom stereocenters. The number of nitrogens with zero attached hydrogens (tertiary/aromatic N) is 2. The number of imidazole rings is 1. The number of sulfonamides is 1. The standard InChI is InChI=1S/C20H18BrN5O4S2/c1-29-30-31-25-16-7-14(19-23-18-9-15(21)11-22-20(18)24-19)8-17(10-16)26-32(27,28)12-13-5-3-2-4-6-13/h2-11,25-26H,12H2,1H3,(H,22,23,24). The summed E-state index contributed by atoms with van der Waals surface area (Å²) >= 11 is 4.24. The first-order valence-electron chi connectivity index (χ1n) is 9.25. The number of aromatic nitrogens is 3. The van der Waals surface area contributed by atoms with Gasteiger partial charge in [-0.2, -0.15) is 0 Å². The molecule has 0 aliphatic heterocycles. The molecule has 32 heavy (non-hydrogen) atoms. The highest BCUT2D eigenvalue weighted by Gasteiger charge is 2.15. The highest BCUT2D eigenvalue weighted by atomic mass is 79.9. The van der Waals surface area contributed by atoms with Crippen molar-refractivity contribution in [1.82, 2.24) is 15.0 Å². The van der Waals surface area contributed by atoms with E-state index in [4.69, 9.17) is 4.33 Å². The van der Waals surface area contributed by atoms with Crippen molar-refractivity contribution >= 4 is 60.7 Å². The zero-order valence-electron chi connectivity index (χ0n) is 16.7. The molecule has 2 heterocycles. The fourth-order valence-electron chi connectivity index (χ4n) is 3.00. The summed E-state index contributed by atoms with van der Waals surface area (Å²) in [6, 6.07) is 16.0. The smallest absolute Gasteiger partial charge is 0.236 e. The number of H-pyrrole nitrogens is 1. The molecule has 0 radical (unpaired) electrons.